The number of hydrogen-bond donors (Lipinski definition) is 0. The van der Waals surface area contributed by atoms with Crippen molar-refractivity contribution in [3.8, 4) is 0 Å². The van der Waals surface area contributed by atoms with Gasteiger partial charge in [0.05, 0.1) is 0 Å². The third-order valence-electron chi connectivity index (χ3n) is 3.23. The molecule has 0 bridgehead atoms. The van der Waals surface area contributed by atoms with Crippen molar-refractivity contribution in [3.05, 3.63) is 70.3 Å². The molecule has 0 N–H and O–H groups in total. The van der Waals surface area contributed by atoms with Crippen LogP contribution in [-0.4, -0.2) is 10.4 Å². The minimum absolute atomic E-state index is 0.0595. The Morgan fingerprint density at radius 3 is 2.58 bits per heavy atom. The number of fused-ring (bicyclic) bond motifs is 1. The van der Waals surface area contributed by atoms with Crippen LogP contribution in [-0.2, 0) is 7.05 Å². The summed E-state index contributed by atoms with van der Waals surface area (Å²) in [5, 5.41) is 0.978. The zero-order valence-corrected chi connectivity index (χ0v) is 12.0. The Hall–Kier alpha value is -1.87. The van der Waals surface area contributed by atoms with Crippen LogP contribution in [0.15, 0.2) is 59.2 Å². The number of ketones is 1. The van der Waals surface area contributed by atoms with E-state index in [-0.39, 0.29) is 5.78 Å². The first kappa shape index (κ1) is 12.2. The molecule has 0 amide bonds. The van der Waals surface area contributed by atoms with Crippen LogP contribution < -0.4 is 0 Å². The summed E-state index contributed by atoms with van der Waals surface area (Å²) in [6.45, 7) is 0. The van der Waals surface area contributed by atoms with Gasteiger partial charge < -0.3 is 4.57 Å². The van der Waals surface area contributed by atoms with E-state index in [1.165, 1.54) is 0 Å². The molecule has 94 valence electrons. The predicted molar refractivity (Wildman–Crippen MR) is 80.5 cm³/mol. The van der Waals surface area contributed by atoms with Gasteiger partial charge in [-0.1, -0.05) is 46.3 Å². The van der Waals surface area contributed by atoms with Gasteiger partial charge in [-0.3, -0.25) is 4.79 Å². The Labute approximate surface area is 119 Å². The van der Waals surface area contributed by atoms with Gasteiger partial charge in [0.1, 0.15) is 0 Å². The molecule has 0 fully saturated rings. The van der Waals surface area contributed by atoms with Crippen molar-refractivity contribution >= 4 is 32.6 Å². The molecule has 3 aromatic rings. The van der Waals surface area contributed by atoms with Gasteiger partial charge in [0.15, 0.2) is 5.78 Å². The second kappa shape index (κ2) is 4.67. The maximum Gasteiger partial charge on any atom is 0.195 e. The monoisotopic (exact) mass is 313 g/mol. The number of hydrogen-bond acceptors (Lipinski definition) is 1. The summed E-state index contributed by atoms with van der Waals surface area (Å²) in [7, 11) is 1.96. The van der Waals surface area contributed by atoms with E-state index >= 15 is 0 Å². The molecule has 3 heteroatoms. The van der Waals surface area contributed by atoms with Gasteiger partial charge in [-0.15, -0.1) is 0 Å². The van der Waals surface area contributed by atoms with E-state index in [9.17, 15) is 4.79 Å². The van der Waals surface area contributed by atoms with Crippen LogP contribution in [0.3, 0.4) is 0 Å². The average molecular weight is 314 g/mol. The molecule has 0 aliphatic rings. The average Bonchev–Trinajstić information content (AvgIpc) is 2.75. The maximum atomic E-state index is 12.6. The van der Waals surface area contributed by atoms with Gasteiger partial charge in [-0.05, 0) is 18.2 Å². The summed E-state index contributed by atoms with van der Waals surface area (Å²) >= 11 is 3.46. The van der Waals surface area contributed by atoms with E-state index in [4.69, 9.17) is 0 Å². The molecule has 0 aliphatic heterocycles. The molecule has 0 saturated heterocycles. The zero-order valence-electron chi connectivity index (χ0n) is 10.4. The molecule has 0 radical (unpaired) electrons. The van der Waals surface area contributed by atoms with Gasteiger partial charge in [0.2, 0.25) is 0 Å². The summed E-state index contributed by atoms with van der Waals surface area (Å²) in [4.78, 5) is 12.6. The molecule has 3 rings (SSSR count). The highest BCUT2D eigenvalue weighted by molar-refractivity contribution is 9.10. The number of carbonyl (C=O) groups is 1. The van der Waals surface area contributed by atoms with Crippen molar-refractivity contribution in [1.29, 1.82) is 0 Å². The topological polar surface area (TPSA) is 22.0 Å². The highest BCUT2D eigenvalue weighted by Gasteiger charge is 2.15. The Balaban J connectivity index is 2.21. The highest BCUT2D eigenvalue weighted by Crippen LogP contribution is 2.26. The fourth-order valence-electron chi connectivity index (χ4n) is 2.29. The van der Waals surface area contributed by atoms with E-state index < -0.39 is 0 Å². The highest BCUT2D eigenvalue weighted by atomic mass is 79.9. The van der Waals surface area contributed by atoms with Crippen LogP contribution in [0.2, 0.25) is 0 Å². The zero-order chi connectivity index (χ0) is 13.4. The molecular weight excluding hydrogens is 302 g/mol. The summed E-state index contributed by atoms with van der Waals surface area (Å²) in [6, 6.07) is 15.4. The van der Waals surface area contributed by atoms with Gasteiger partial charge in [0.25, 0.3) is 0 Å². The molecule has 2 aromatic carbocycles. The Bertz CT molecular complexity index is 759. The molecule has 0 unspecified atom stereocenters. The standard InChI is InChI=1S/C16H12BrNO/c1-18-10-14(13-9-12(17)7-8-15(13)18)16(19)11-5-3-2-4-6-11/h2-10H,1H3. The number of halogens is 1. The minimum atomic E-state index is 0.0595. The minimum Gasteiger partial charge on any atom is -0.350 e. The number of aromatic nitrogens is 1. The summed E-state index contributed by atoms with van der Waals surface area (Å²) in [5.74, 6) is 0.0595. The van der Waals surface area contributed by atoms with E-state index in [0.717, 1.165) is 26.5 Å². The van der Waals surface area contributed by atoms with E-state index in [1.54, 1.807) is 0 Å². The lowest BCUT2D eigenvalue weighted by Gasteiger charge is -1.99. The molecule has 19 heavy (non-hydrogen) atoms. The number of aryl methyl sites for hydroxylation is 1. The van der Waals surface area contributed by atoms with Gasteiger partial charge >= 0.3 is 0 Å². The number of carbonyl (C=O) groups excluding carboxylic acids is 1. The normalized spacial score (nSPS) is 10.8. The third kappa shape index (κ3) is 2.10. The molecule has 2 nitrogen and oxygen atoms in total. The SMILES string of the molecule is Cn1cc(C(=O)c2ccccc2)c2cc(Br)ccc21. The lowest BCUT2D eigenvalue weighted by atomic mass is 10.0. The smallest absolute Gasteiger partial charge is 0.195 e. The molecular formula is C16H12BrNO. The Morgan fingerprint density at radius 2 is 1.84 bits per heavy atom. The van der Waals surface area contributed by atoms with Crippen molar-refractivity contribution in [1.82, 2.24) is 4.57 Å². The van der Waals surface area contributed by atoms with E-state index in [2.05, 4.69) is 15.9 Å². The summed E-state index contributed by atoms with van der Waals surface area (Å²) < 4.78 is 2.96. The van der Waals surface area contributed by atoms with Crippen LogP contribution in [0.1, 0.15) is 15.9 Å². The van der Waals surface area contributed by atoms with Crippen LogP contribution in [0, 0.1) is 0 Å². The van der Waals surface area contributed by atoms with Gasteiger partial charge in [0, 0.05) is 39.7 Å². The first-order valence-electron chi connectivity index (χ1n) is 6.01. The second-order valence-corrected chi connectivity index (χ2v) is 5.43. The predicted octanol–water partition coefficient (Wildman–Crippen LogP) is 4.17. The van der Waals surface area contributed by atoms with E-state index in [1.807, 2.05) is 66.3 Å². The summed E-state index contributed by atoms with van der Waals surface area (Å²) in [6.07, 6.45) is 1.90. The van der Waals surface area contributed by atoms with Crippen LogP contribution in [0.4, 0.5) is 0 Å². The molecule has 0 atom stereocenters. The van der Waals surface area contributed by atoms with Crippen molar-refractivity contribution in [2.45, 2.75) is 0 Å². The van der Waals surface area contributed by atoms with E-state index in [0.29, 0.717) is 0 Å². The van der Waals surface area contributed by atoms with Gasteiger partial charge in [-0.2, -0.15) is 0 Å². The van der Waals surface area contributed by atoms with Crippen LogP contribution in [0.5, 0.6) is 0 Å². The van der Waals surface area contributed by atoms with Crippen molar-refractivity contribution < 1.29 is 4.79 Å². The molecule has 0 saturated carbocycles. The molecule has 1 aromatic heterocycles. The number of benzene rings is 2. The molecule has 0 spiro atoms. The third-order valence-corrected chi connectivity index (χ3v) is 3.73. The molecule has 0 aliphatic carbocycles. The van der Waals surface area contributed by atoms with Crippen molar-refractivity contribution in [2.75, 3.05) is 0 Å². The fraction of sp³-hybridized carbons (Fsp3) is 0.0625. The van der Waals surface area contributed by atoms with Crippen molar-refractivity contribution in [3.63, 3.8) is 0 Å². The lowest BCUT2D eigenvalue weighted by Crippen LogP contribution is -1.99. The van der Waals surface area contributed by atoms with Gasteiger partial charge in [-0.25, -0.2) is 0 Å². The summed E-state index contributed by atoms with van der Waals surface area (Å²) in [5.41, 5.74) is 2.52. The first-order chi connectivity index (χ1) is 9.16. The number of nitrogens with zero attached hydrogens (tertiary/aromatic N) is 1. The number of rotatable bonds is 2. The Kier molecular flexibility index (Phi) is 2.99. The second-order valence-electron chi connectivity index (χ2n) is 4.51. The fourth-order valence-corrected chi connectivity index (χ4v) is 2.65. The largest absolute Gasteiger partial charge is 0.350 e. The Morgan fingerprint density at radius 1 is 1.11 bits per heavy atom. The maximum absolute atomic E-state index is 12.6. The first-order valence-corrected chi connectivity index (χ1v) is 6.80. The van der Waals surface area contributed by atoms with Crippen LogP contribution >= 0.6 is 15.9 Å². The quantitative estimate of drug-likeness (QED) is 0.651. The lowest BCUT2D eigenvalue weighted by molar-refractivity contribution is 0.104. The van der Waals surface area contributed by atoms with Crippen molar-refractivity contribution in [2.24, 2.45) is 7.05 Å². The molecule has 1 heterocycles. The van der Waals surface area contributed by atoms with Crippen LogP contribution in [0.25, 0.3) is 10.9 Å².